The Labute approximate surface area is 176 Å². The van der Waals surface area contributed by atoms with Crippen molar-refractivity contribution in [2.24, 2.45) is 5.92 Å². The molecule has 1 aliphatic carbocycles. The molecule has 4 rings (SSSR count). The second-order valence-electron chi connectivity index (χ2n) is 8.06. The van der Waals surface area contributed by atoms with Gasteiger partial charge < -0.3 is 24.2 Å². The maximum absolute atomic E-state index is 13.5. The molecule has 1 fully saturated rings. The van der Waals surface area contributed by atoms with Gasteiger partial charge >= 0.3 is 0 Å². The van der Waals surface area contributed by atoms with Crippen molar-refractivity contribution in [3.8, 4) is 11.5 Å². The van der Waals surface area contributed by atoms with Gasteiger partial charge in [0, 0.05) is 20.3 Å². The minimum atomic E-state index is -0.542. The number of carbonyl (C=O) groups is 2. The van der Waals surface area contributed by atoms with Gasteiger partial charge in [0.1, 0.15) is 6.10 Å². The predicted molar refractivity (Wildman–Crippen MR) is 109 cm³/mol. The van der Waals surface area contributed by atoms with Crippen LogP contribution in [0, 0.1) is 5.92 Å². The van der Waals surface area contributed by atoms with E-state index in [1.807, 2.05) is 6.92 Å². The van der Waals surface area contributed by atoms with Crippen molar-refractivity contribution in [1.29, 1.82) is 0 Å². The number of rotatable bonds is 7. The van der Waals surface area contributed by atoms with E-state index in [9.17, 15) is 14.7 Å². The van der Waals surface area contributed by atoms with Crippen LogP contribution in [0.4, 0.5) is 0 Å². The van der Waals surface area contributed by atoms with Crippen LogP contribution in [-0.2, 0) is 19.1 Å². The summed E-state index contributed by atoms with van der Waals surface area (Å²) in [5.41, 5.74) is 1.19. The van der Waals surface area contributed by atoms with Gasteiger partial charge in [-0.25, -0.2) is 0 Å². The summed E-state index contributed by atoms with van der Waals surface area (Å²) in [6.07, 6.45) is 4.07. The largest absolute Gasteiger partial charge is 0.504 e. The molecule has 0 radical (unpaired) electrons. The van der Waals surface area contributed by atoms with Gasteiger partial charge in [-0.3, -0.25) is 9.59 Å². The molecule has 0 bridgehead atoms. The number of aromatic hydroxyl groups is 1. The Morgan fingerprint density at radius 2 is 2.03 bits per heavy atom. The molecule has 0 aromatic heterocycles. The number of ether oxygens (including phenoxy) is 3. The van der Waals surface area contributed by atoms with Gasteiger partial charge in [-0.15, -0.1) is 0 Å². The maximum atomic E-state index is 13.5. The number of hydrogen-bond donors (Lipinski definition) is 1. The predicted octanol–water partition coefficient (Wildman–Crippen LogP) is 3.12. The number of carbonyl (C=O) groups excluding carboxylic acids is 2. The zero-order valence-corrected chi connectivity index (χ0v) is 17.6. The molecule has 1 saturated carbocycles. The number of fused-ring (bicyclic) bond motifs is 1. The van der Waals surface area contributed by atoms with E-state index in [0.717, 1.165) is 31.2 Å². The van der Waals surface area contributed by atoms with Crippen molar-refractivity contribution in [3.63, 3.8) is 0 Å². The fraction of sp³-hybridized carbons (Fsp3) is 0.565. The molecule has 1 amide bonds. The minimum Gasteiger partial charge on any atom is -0.504 e. The van der Waals surface area contributed by atoms with Gasteiger partial charge in [0.25, 0.3) is 5.91 Å². The topological polar surface area (TPSA) is 85.3 Å². The lowest BCUT2D eigenvalue weighted by atomic mass is 9.77. The zero-order chi connectivity index (χ0) is 21.3. The summed E-state index contributed by atoms with van der Waals surface area (Å²) in [5, 5.41) is 10.1. The van der Waals surface area contributed by atoms with Crippen LogP contribution >= 0.6 is 0 Å². The van der Waals surface area contributed by atoms with E-state index in [1.54, 1.807) is 30.2 Å². The Bertz CT molecular complexity index is 863. The van der Waals surface area contributed by atoms with Crippen LogP contribution in [0.1, 0.15) is 50.6 Å². The Morgan fingerprint density at radius 3 is 2.80 bits per heavy atom. The van der Waals surface area contributed by atoms with Gasteiger partial charge in [0.15, 0.2) is 23.0 Å². The van der Waals surface area contributed by atoms with Gasteiger partial charge in [0.05, 0.1) is 24.1 Å². The van der Waals surface area contributed by atoms with Crippen LogP contribution in [0.2, 0.25) is 0 Å². The molecule has 30 heavy (non-hydrogen) atoms. The van der Waals surface area contributed by atoms with E-state index in [0.29, 0.717) is 37.5 Å². The molecule has 3 aliphatic rings. The first-order valence-electron chi connectivity index (χ1n) is 10.8. The lowest BCUT2D eigenvalue weighted by Gasteiger charge is -2.35. The Morgan fingerprint density at radius 1 is 1.23 bits per heavy atom. The van der Waals surface area contributed by atoms with Gasteiger partial charge in [0.2, 0.25) is 0 Å². The molecule has 2 aliphatic heterocycles. The lowest BCUT2D eigenvalue weighted by Crippen LogP contribution is -2.39. The van der Waals surface area contributed by atoms with Crippen molar-refractivity contribution >= 4 is 11.7 Å². The molecule has 3 unspecified atom stereocenters. The molecule has 1 aromatic carbocycles. The molecule has 1 aromatic rings. The summed E-state index contributed by atoms with van der Waals surface area (Å²) in [6.45, 7) is 3.20. The van der Waals surface area contributed by atoms with Gasteiger partial charge in [-0.1, -0.05) is 12.5 Å². The number of phenolic OH excluding ortho intramolecular Hbond substituents is 1. The number of phenols is 1. The lowest BCUT2D eigenvalue weighted by molar-refractivity contribution is -0.135. The van der Waals surface area contributed by atoms with E-state index < -0.39 is 6.04 Å². The molecule has 2 heterocycles. The maximum Gasteiger partial charge on any atom is 0.290 e. The second kappa shape index (κ2) is 8.68. The van der Waals surface area contributed by atoms with Gasteiger partial charge in [-0.2, -0.15) is 0 Å². The summed E-state index contributed by atoms with van der Waals surface area (Å²) in [5.74, 6) is 0.178. The Balaban J connectivity index is 1.75. The highest BCUT2D eigenvalue weighted by Crippen LogP contribution is 2.47. The number of ketones is 1. The summed E-state index contributed by atoms with van der Waals surface area (Å²) in [6, 6.07) is 4.47. The molecular weight excluding hydrogens is 386 g/mol. The average Bonchev–Trinajstić information content (AvgIpc) is 3.02. The highest BCUT2D eigenvalue weighted by Gasteiger charge is 2.51. The standard InChI is InChI=1S/C23H29NO6/c1-3-29-18-13-14(9-10-16(18)25)20-19-21(26)15-7-4-5-8-17(15)30-22(19)23(27)24(20)11-6-12-28-2/h9-10,13,15,17,20,25H,3-8,11-12H2,1-2H3. The molecule has 3 atom stereocenters. The summed E-state index contributed by atoms with van der Waals surface area (Å²) >= 11 is 0. The van der Waals surface area contributed by atoms with Crippen molar-refractivity contribution in [2.75, 3.05) is 26.9 Å². The molecule has 7 heteroatoms. The minimum absolute atomic E-state index is 0.0274. The van der Waals surface area contributed by atoms with E-state index in [4.69, 9.17) is 14.2 Å². The smallest absolute Gasteiger partial charge is 0.290 e. The van der Waals surface area contributed by atoms with E-state index in [1.165, 1.54) is 0 Å². The third-order valence-electron chi connectivity index (χ3n) is 6.21. The number of hydrogen-bond acceptors (Lipinski definition) is 6. The first kappa shape index (κ1) is 20.7. The summed E-state index contributed by atoms with van der Waals surface area (Å²) in [7, 11) is 1.62. The van der Waals surface area contributed by atoms with Crippen LogP contribution in [0.5, 0.6) is 11.5 Å². The third-order valence-corrected chi connectivity index (χ3v) is 6.21. The van der Waals surface area contributed by atoms with Crippen LogP contribution in [0.3, 0.4) is 0 Å². The fourth-order valence-electron chi connectivity index (χ4n) is 4.82. The molecule has 162 valence electrons. The van der Waals surface area contributed by atoms with Crippen molar-refractivity contribution in [3.05, 3.63) is 35.1 Å². The molecule has 0 spiro atoms. The summed E-state index contributed by atoms with van der Waals surface area (Å²) < 4.78 is 16.8. The SMILES string of the molecule is CCOc1cc(C2C3=C(OC4CCCCC4C3=O)C(=O)N2CCCOC)ccc1O. The van der Waals surface area contributed by atoms with E-state index >= 15 is 0 Å². The van der Waals surface area contributed by atoms with Crippen LogP contribution in [0.15, 0.2) is 29.5 Å². The van der Waals surface area contributed by atoms with Crippen molar-refractivity contribution in [2.45, 2.75) is 51.2 Å². The third kappa shape index (κ3) is 3.55. The van der Waals surface area contributed by atoms with Crippen LogP contribution in [-0.4, -0.2) is 54.7 Å². The van der Waals surface area contributed by atoms with Gasteiger partial charge in [-0.05, 0) is 50.3 Å². The average molecular weight is 415 g/mol. The number of nitrogens with zero attached hydrogens (tertiary/aromatic N) is 1. The molecule has 1 N–H and O–H groups in total. The fourth-order valence-corrected chi connectivity index (χ4v) is 4.82. The Hall–Kier alpha value is -2.54. The monoisotopic (exact) mass is 415 g/mol. The summed E-state index contributed by atoms with van der Waals surface area (Å²) in [4.78, 5) is 28.5. The molecule has 7 nitrogen and oxygen atoms in total. The quantitative estimate of drug-likeness (QED) is 0.689. The number of methoxy groups -OCH3 is 1. The van der Waals surface area contributed by atoms with Crippen molar-refractivity contribution < 1.29 is 28.9 Å². The van der Waals surface area contributed by atoms with Crippen molar-refractivity contribution in [1.82, 2.24) is 4.90 Å². The molecular formula is C23H29NO6. The number of benzene rings is 1. The van der Waals surface area contributed by atoms with E-state index in [2.05, 4.69) is 0 Å². The highest BCUT2D eigenvalue weighted by atomic mass is 16.5. The Kier molecular flexibility index (Phi) is 5.99. The molecule has 0 saturated heterocycles. The number of Topliss-reactive ketones (excluding diaryl/α,β-unsaturated/α-hetero) is 1. The second-order valence-corrected chi connectivity index (χ2v) is 8.06. The first-order chi connectivity index (χ1) is 14.6. The zero-order valence-electron chi connectivity index (χ0n) is 17.6. The van der Waals surface area contributed by atoms with E-state index in [-0.39, 0.29) is 35.2 Å². The van der Waals surface area contributed by atoms with Crippen LogP contribution < -0.4 is 4.74 Å². The van der Waals surface area contributed by atoms with Crippen LogP contribution in [0.25, 0.3) is 0 Å². The number of amides is 1. The highest BCUT2D eigenvalue weighted by molar-refractivity contribution is 6.11. The normalized spacial score (nSPS) is 25.8. The first-order valence-corrected chi connectivity index (χ1v) is 10.8.